The van der Waals surface area contributed by atoms with Crippen LogP contribution in [-0.4, -0.2) is 61.9 Å². The third-order valence-corrected chi connectivity index (χ3v) is 3.36. The van der Waals surface area contributed by atoms with Crippen molar-refractivity contribution in [3.63, 3.8) is 0 Å². The van der Waals surface area contributed by atoms with Gasteiger partial charge in [-0.1, -0.05) is 12.1 Å². The molecule has 1 aromatic rings. The van der Waals surface area contributed by atoms with Crippen LogP contribution in [-0.2, 0) is 6.54 Å². The van der Waals surface area contributed by atoms with E-state index in [9.17, 15) is 0 Å². The lowest BCUT2D eigenvalue weighted by atomic mass is 10.2. The lowest BCUT2D eigenvalue weighted by Crippen LogP contribution is -2.49. The predicted octanol–water partition coefficient (Wildman–Crippen LogP) is 0.455. The van der Waals surface area contributed by atoms with Crippen LogP contribution in [0.5, 0.6) is 5.75 Å². The second-order valence-electron chi connectivity index (χ2n) is 5.63. The molecule has 0 aromatic heterocycles. The van der Waals surface area contributed by atoms with Crippen LogP contribution < -0.4 is 15.9 Å². The van der Waals surface area contributed by atoms with Gasteiger partial charge >= 0.3 is 0 Å². The summed E-state index contributed by atoms with van der Waals surface area (Å²) >= 11 is 0. The van der Waals surface area contributed by atoms with E-state index < -0.39 is 0 Å². The molecule has 0 aliphatic carbocycles. The molecule has 1 aliphatic rings. The molecular weight excluding hydrogens is 280 g/mol. The van der Waals surface area contributed by atoms with E-state index in [1.54, 1.807) is 6.34 Å². The van der Waals surface area contributed by atoms with Crippen molar-refractivity contribution in [2.24, 2.45) is 10.8 Å². The topological polar surface area (TPSA) is 69.4 Å². The minimum absolute atomic E-state index is 0.0894. The largest absolute Gasteiger partial charge is 0.494 e. The highest BCUT2D eigenvalue weighted by Gasteiger charge is 2.20. The predicted molar refractivity (Wildman–Crippen MR) is 88.0 cm³/mol. The zero-order valence-corrected chi connectivity index (χ0v) is 13.6. The zero-order chi connectivity index (χ0) is 15.9. The van der Waals surface area contributed by atoms with Gasteiger partial charge in [0.2, 0.25) is 0 Å². The number of hydrazine groups is 2. The first kappa shape index (κ1) is 16.7. The number of hydrogen-bond donors (Lipinski definition) is 2. The molecule has 7 nitrogen and oxygen atoms in total. The Bertz CT molecular complexity index is 493. The maximum absolute atomic E-state index is 5.80. The van der Waals surface area contributed by atoms with Gasteiger partial charge in [0.25, 0.3) is 0 Å². The van der Waals surface area contributed by atoms with Crippen LogP contribution in [0, 0.1) is 0 Å². The molecule has 0 saturated carbocycles. The number of benzene rings is 1. The molecule has 0 fully saturated rings. The standard InChI is InChI=1S/C15H26N6O/c1-19(2)11-13-6-4-7-14(10-13)22-9-5-8-17-15-18-12-21(16)20(15)3/h4,6-7,10,12,15,17H,5,8-9,11,16H2,1-3H3. The average molecular weight is 306 g/mol. The number of nitrogens with two attached hydrogens (primary N) is 1. The smallest absolute Gasteiger partial charge is 0.175 e. The van der Waals surface area contributed by atoms with Crippen molar-refractivity contribution in [2.45, 2.75) is 19.3 Å². The summed E-state index contributed by atoms with van der Waals surface area (Å²) in [5.41, 5.74) is 1.26. The van der Waals surface area contributed by atoms with Crippen LogP contribution in [0.3, 0.4) is 0 Å². The van der Waals surface area contributed by atoms with Gasteiger partial charge in [-0.3, -0.25) is 5.32 Å². The Hall–Kier alpha value is -1.67. The lowest BCUT2D eigenvalue weighted by Gasteiger charge is -2.24. The van der Waals surface area contributed by atoms with E-state index >= 15 is 0 Å². The van der Waals surface area contributed by atoms with Crippen LogP contribution >= 0.6 is 0 Å². The Kier molecular flexibility index (Phi) is 6.14. The van der Waals surface area contributed by atoms with Crippen LogP contribution in [0.15, 0.2) is 29.3 Å². The normalized spacial score (nSPS) is 18.4. The summed E-state index contributed by atoms with van der Waals surface area (Å²) < 4.78 is 5.80. The van der Waals surface area contributed by atoms with Gasteiger partial charge in [0.15, 0.2) is 6.29 Å². The van der Waals surface area contributed by atoms with Gasteiger partial charge in [0.05, 0.1) is 6.61 Å². The molecule has 3 N–H and O–H groups in total. The van der Waals surface area contributed by atoms with Crippen molar-refractivity contribution in [3.8, 4) is 5.75 Å². The maximum Gasteiger partial charge on any atom is 0.175 e. The molecule has 0 radical (unpaired) electrons. The molecule has 0 bridgehead atoms. The molecule has 1 heterocycles. The van der Waals surface area contributed by atoms with Crippen LogP contribution in [0.1, 0.15) is 12.0 Å². The lowest BCUT2D eigenvalue weighted by molar-refractivity contribution is 0.0454. The zero-order valence-electron chi connectivity index (χ0n) is 13.6. The Morgan fingerprint density at radius 2 is 2.23 bits per heavy atom. The SMILES string of the molecule is CN(C)Cc1cccc(OCCCNC2N=CN(N)N2C)c1. The number of nitrogens with zero attached hydrogens (tertiary/aromatic N) is 4. The number of hydrogen-bond acceptors (Lipinski definition) is 7. The van der Waals surface area contributed by atoms with Crippen LogP contribution in [0.4, 0.5) is 0 Å². The third kappa shape index (κ3) is 4.96. The highest BCUT2D eigenvalue weighted by atomic mass is 16.5. The quantitative estimate of drug-likeness (QED) is 0.537. The van der Waals surface area contributed by atoms with Gasteiger partial charge in [-0.15, -0.1) is 0 Å². The number of rotatable bonds is 8. The first-order chi connectivity index (χ1) is 10.6. The van der Waals surface area contributed by atoms with Crippen LogP contribution in [0.25, 0.3) is 0 Å². The summed E-state index contributed by atoms with van der Waals surface area (Å²) in [4.78, 5) is 6.38. The molecule has 22 heavy (non-hydrogen) atoms. The van der Waals surface area contributed by atoms with Crippen molar-refractivity contribution in [2.75, 3.05) is 34.3 Å². The molecule has 122 valence electrons. The van der Waals surface area contributed by atoms with Crippen LogP contribution in [0.2, 0.25) is 0 Å². The van der Waals surface area contributed by atoms with Crippen molar-refractivity contribution in [3.05, 3.63) is 29.8 Å². The van der Waals surface area contributed by atoms with Gasteiger partial charge in [0.1, 0.15) is 12.1 Å². The Labute approximate surface area is 132 Å². The second kappa shape index (κ2) is 8.09. The fraction of sp³-hybridized carbons (Fsp3) is 0.533. The van der Waals surface area contributed by atoms with E-state index in [-0.39, 0.29) is 6.29 Å². The first-order valence-electron chi connectivity index (χ1n) is 7.46. The van der Waals surface area contributed by atoms with Gasteiger partial charge in [-0.2, -0.15) is 5.01 Å². The highest BCUT2D eigenvalue weighted by Crippen LogP contribution is 2.14. The van der Waals surface area contributed by atoms with E-state index in [0.717, 1.165) is 25.3 Å². The molecule has 0 spiro atoms. The Morgan fingerprint density at radius 3 is 2.91 bits per heavy atom. The summed E-state index contributed by atoms with van der Waals surface area (Å²) in [6, 6.07) is 8.23. The minimum Gasteiger partial charge on any atom is -0.494 e. The molecule has 7 heteroatoms. The summed E-state index contributed by atoms with van der Waals surface area (Å²) in [6.45, 7) is 2.41. The van der Waals surface area contributed by atoms with Gasteiger partial charge in [-0.25, -0.2) is 16.0 Å². The van der Waals surface area contributed by atoms with E-state index in [2.05, 4.69) is 41.4 Å². The molecule has 1 aromatic carbocycles. The summed E-state index contributed by atoms with van der Waals surface area (Å²) in [6.07, 6.45) is 2.42. The molecule has 1 aliphatic heterocycles. The van der Waals surface area contributed by atoms with Gasteiger partial charge in [0, 0.05) is 20.1 Å². The average Bonchev–Trinajstić information content (AvgIpc) is 2.78. The highest BCUT2D eigenvalue weighted by molar-refractivity contribution is 5.55. The number of nitrogens with one attached hydrogen (secondary N) is 1. The van der Waals surface area contributed by atoms with Crippen molar-refractivity contribution in [1.29, 1.82) is 0 Å². The Balaban J connectivity index is 1.65. The minimum atomic E-state index is -0.0894. The number of aliphatic imine (C=N–C) groups is 1. The second-order valence-corrected chi connectivity index (χ2v) is 5.63. The van der Waals surface area contributed by atoms with Gasteiger partial charge < -0.3 is 9.64 Å². The molecule has 1 unspecified atom stereocenters. The summed E-state index contributed by atoms with van der Waals surface area (Å²) in [7, 11) is 6.01. The van der Waals surface area contributed by atoms with Gasteiger partial charge in [-0.05, 0) is 38.2 Å². The fourth-order valence-electron chi connectivity index (χ4n) is 2.21. The molecule has 0 amide bonds. The summed E-state index contributed by atoms with van der Waals surface area (Å²) in [5, 5.41) is 6.59. The fourth-order valence-corrected chi connectivity index (χ4v) is 2.21. The Morgan fingerprint density at radius 1 is 1.41 bits per heavy atom. The van der Waals surface area contributed by atoms with E-state index in [4.69, 9.17) is 10.6 Å². The van der Waals surface area contributed by atoms with Crippen molar-refractivity contribution >= 4 is 6.34 Å². The number of ether oxygens (including phenoxy) is 1. The van der Waals surface area contributed by atoms with E-state index in [1.165, 1.54) is 10.7 Å². The molecule has 1 atom stereocenters. The molecule has 0 saturated heterocycles. The van der Waals surface area contributed by atoms with Crippen molar-refractivity contribution < 1.29 is 4.74 Å². The van der Waals surface area contributed by atoms with E-state index in [1.807, 2.05) is 24.2 Å². The van der Waals surface area contributed by atoms with Crippen molar-refractivity contribution in [1.82, 2.24) is 20.3 Å². The first-order valence-corrected chi connectivity index (χ1v) is 7.46. The van der Waals surface area contributed by atoms with E-state index in [0.29, 0.717) is 6.61 Å². The monoisotopic (exact) mass is 306 g/mol. The molecular formula is C15H26N6O. The maximum atomic E-state index is 5.80. The summed E-state index contributed by atoms with van der Waals surface area (Å²) in [5.74, 6) is 6.59. The molecule has 2 rings (SSSR count). The third-order valence-electron chi connectivity index (χ3n) is 3.36.